The van der Waals surface area contributed by atoms with Gasteiger partial charge in [-0.3, -0.25) is 0 Å². The molecule has 0 aromatic heterocycles. The Labute approximate surface area is 103 Å². The highest BCUT2D eigenvalue weighted by Gasteiger charge is 1.99. The summed E-state index contributed by atoms with van der Waals surface area (Å²) < 4.78 is 5.06. The maximum Gasteiger partial charge on any atom is 0.0613 e. The molecule has 16 heavy (non-hydrogen) atoms. The Morgan fingerprint density at radius 3 is 2.75 bits per heavy atom. The number of rotatable bonds is 8. The molecule has 0 bridgehead atoms. The van der Waals surface area contributed by atoms with E-state index in [9.17, 15) is 0 Å². The van der Waals surface area contributed by atoms with Gasteiger partial charge in [-0.25, -0.2) is 0 Å². The quantitative estimate of drug-likeness (QED) is 0.557. The van der Waals surface area contributed by atoms with Crippen LogP contribution in [0.1, 0.15) is 13.3 Å². The van der Waals surface area contributed by atoms with E-state index in [2.05, 4.69) is 42.6 Å². The van der Waals surface area contributed by atoms with Crippen LogP contribution >= 0.6 is 11.8 Å². The summed E-state index contributed by atoms with van der Waals surface area (Å²) in [7, 11) is 1.74. The van der Waals surface area contributed by atoms with Gasteiger partial charge in [-0.15, -0.1) is 11.8 Å². The molecule has 0 aliphatic heterocycles. The summed E-state index contributed by atoms with van der Waals surface area (Å²) in [5.74, 6) is 1.16. The van der Waals surface area contributed by atoms with Crippen LogP contribution in [0.2, 0.25) is 0 Å². The highest BCUT2D eigenvalue weighted by atomic mass is 32.2. The smallest absolute Gasteiger partial charge is 0.0613 e. The molecule has 0 aliphatic rings. The average Bonchev–Trinajstić information content (AvgIpc) is 2.30. The first-order valence-corrected chi connectivity index (χ1v) is 6.71. The molecule has 0 saturated heterocycles. The lowest BCUT2D eigenvalue weighted by Crippen LogP contribution is -2.31. The van der Waals surface area contributed by atoms with Crippen molar-refractivity contribution >= 4 is 11.8 Å². The van der Waals surface area contributed by atoms with Crippen LogP contribution in [0.3, 0.4) is 0 Å². The van der Waals surface area contributed by atoms with Gasteiger partial charge >= 0.3 is 0 Å². The summed E-state index contributed by atoms with van der Waals surface area (Å²) in [6, 6.07) is 11.0. The van der Waals surface area contributed by atoms with Gasteiger partial charge in [0.05, 0.1) is 6.61 Å². The maximum absolute atomic E-state index is 5.06. The first-order chi connectivity index (χ1) is 7.83. The van der Waals surface area contributed by atoms with Crippen LogP contribution < -0.4 is 5.32 Å². The molecule has 0 aliphatic carbocycles. The Hall–Kier alpha value is -0.510. The molecule has 3 heteroatoms. The summed E-state index contributed by atoms with van der Waals surface area (Å²) in [4.78, 5) is 1.35. The molecule has 0 spiro atoms. The summed E-state index contributed by atoms with van der Waals surface area (Å²) in [5, 5.41) is 3.43. The van der Waals surface area contributed by atoms with Crippen LogP contribution in [0, 0.1) is 0 Å². The van der Waals surface area contributed by atoms with Gasteiger partial charge in [0.2, 0.25) is 0 Å². The second-order valence-electron chi connectivity index (χ2n) is 3.83. The summed E-state index contributed by atoms with van der Waals surface area (Å²) >= 11 is 1.91. The molecule has 1 rings (SSSR count). The number of hydrogen-bond donors (Lipinski definition) is 1. The molecule has 1 N–H and O–H groups in total. The van der Waals surface area contributed by atoms with Crippen LogP contribution in [-0.2, 0) is 4.74 Å². The number of benzene rings is 1. The highest BCUT2D eigenvalue weighted by molar-refractivity contribution is 7.99. The van der Waals surface area contributed by atoms with E-state index >= 15 is 0 Å². The van der Waals surface area contributed by atoms with Crippen molar-refractivity contribution in [3.63, 3.8) is 0 Å². The number of methoxy groups -OCH3 is 1. The SMILES string of the molecule is COCC(C)NCCCSc1ccccc1. The molecule has 0 amide bonds. The Kier molecular flexibility index (Phi) is 7.30. The Morgan fingerprint density at radius 2 is 2.06 bits per heavy atom. The third-order valence-electron chi connectivity index (χ3n) is 2.24. The van der Waals surface area contributed by atoms with E-state index in [4.69, 9.17) is 4.74 Å². The maximum atomic E-state index is 5.06. The second-order valence-corrected chi connectivity index (χ2v) is 4.99. The van der Waals surface area contributed by atoms with Gasteiger partial charge in [0.1, 0.15) is 0 Å². The van der Waals surface area contributed by atoms with Crippen molar-refractivity contribution in [2.75, 3.05) is 26.0 Å². The topological polar surface area (TPSA) is 21.3 Å². The third kappa shape index (κ3) is 6.16. The molecule has 1 aromatic carbocycles. The van der Waals surface area contributed by atoms with Crippen LogP contribution in [0.15, 0.2) is 35.2 Å². The molecular weight excluding hydrogens is 218 g/mol. The van der Waals surface area contributed by atoms with Crippen molar-refractivity contribution < 1.29 is 4.74 Å². The minimum atomic E-state index is 0.451. The lowest BCUT2D eigenvalue weighted by Gasteiger charge is -2.12. The van der Waals surface area contributed by atoms with Gasteiger partial charge < -0.3 is 10.1 Å². The van der Waals surface area contributed by atoms with E-state index in [1.165, 1.54) is 11.3 Å². The predicted molar refractivity (Wildman–Crippen MR) is 71.1 cm³/mol. The van der Waals surface area contributed by atoms with Crippen molar-refractivity contribution in [1.29, 1.82) is 0 Å². The minimum Gasteiger partial charge on any atom is -0.383 e. The van der Waals surface area contributed by atoms with E-state index in [-0.39, 0.29) is 0 Å². The Balaban J connectivity index is 2.00. The fourth-order valence-corrected chi connectivity index (χ4v) is 2.31. The molecular formula is C13H21NOS. The number of hydrogen-bond acceptors (Lipinski definition) is 3. The van der Waals surface area contributed by atoms with E-state index in [0.717, 1.165) is 18.9 Å². The van der Waals surface area contributed by atoms with Crippen LogP contribution in [0.4, 0.5) is 0 Å². The zero-order valence-corrected chi connectivity index (χ0v) is 10.9. The zero-order chi connectivity index (χ0) is 11.6. The molecule has 1 atom stereocenters. The van der Waals surface area contributed by atoms with Gasteiger partial charge in [0.15, 0.2) is 0 Å². The van der Waals surface area contributed by atoms with Gasteiger partial charge in [-0.1, -0.05) is 18.2 Å². The standard InChI is InChI=1S/C13H21NOS/c1-12(11-15-2)14-9-6-10-16-13-7-4-3-5-8-13/h3-5,7-8,12,14H,6,9-11H2,1-2H3. The normalized spacial score (nSPS) is 12.6. The van der Waals surface area contributed by atoms with E-state index in [1.54, 1.807) is 7.11 Å². The molecule has 2 nitrogen and oxygen atoms in total. The Morgan fingerprint density at radius 1 is 1.31 bits per heavy atom. The van der Waals surface area contributed by atoms with Crippen molar-refractivity contribution in [3.05, 3.63) is 30.3 Å². The largest absolute Gasteiger partial charge is 0.383 e. The second kappa shape index (κ2) is 8.62. The average molecular weight is 239 g/mol. The lowest BCUT2D eigenvalue weighted by molar-refractivity contribution is 0.172. The predicted octanol–water partition coefficient (Wildman–Crippen LogP) is 2.79. The molecule has 90 valence electrons. The molecule has 0 heterocycles. The van der Waals surface area contributed by atoms with Crippen molar-refractivity contribution in [2.45, 2.75) is 24.3 Å². The minimum absolute atomic E-state index is 0.451. The van der Waals surface area contributed by atoms with E-state index in [1.807, 2.05) is 11.8 Å². The molecule has 0 radical (unpaired) electrons. The summed E-state index contributed by atoms with van der Waals surface area (Å²) in [6.07, 6.45) is 1.19. The van der Waals surface area contributed by atoms with Crippen molar-refractivity contribution in [2.24, 2.45) is 0 Å². The lowest BCUT2D eigenvalue weighted by atomic mass is 10.3. The van der Waals surface area contributed by atoms with Crippen molar-refractivity contribution in [1.82, 2.24) is 5.32 Å². The number of thioether (sulfide) groups is 1. The first-order valence-electron chi connectivity index (χ1n) is 5.73. The van der Waals surface area contributed by atoms with E-state index in [0.29, 0.717) is 6.04 Å². The van der Waals surface area contributed by atoms with Gasteiger partial charge in [0, 0.05) is 18.0 Å². The fraction of sp³-hybridized carbons (Fsp3) is 0.538. The molecule has 1 aromatic rings. The monoisotopic (exact) mass is 239 g/mol. The number of ether oxygens (including phenoxy) is 1. The molecule has 0 saturated carbocycles. The Bertz CT molecular complexity index is 266. The fourth-order valence-electron chi connectivity index (χ4n) is 1.44. The first kappa shape index (κ1) is 13.6. The number of nitrogens with one attached hydrogen (secondary N) is 1. The van der Waals surface area contributed by atoms with Crippen LogP contribution in [0.25, 0.3) is 0 Å². The summed E-state index contributed by atoms with van der Waals surface area (Å²) in [5.41, 5.74) is 0. The summed E-state index contributed by atoms with van der Waals surface area (Å²) in [6.45, 7) is 3.99. The molecule has 0 fully saturated rings. The zero-order valence-electron chi connectivity index (χ0n) is 10.1. The van der Waals surface area contributed by atoms with Gasteiger partial charge in [-0.2, -0.15) is 0 Å². The van der Waals surface area contributed by atoms with Crippen molar-refractivity contribution in [3.8, 4) is 0 Å². The van der Waals surface area contributed by atoms with Crippen LogP contribution in [0.5, 0.6) is 0 Å². The highest BCUT2D eigenvalue weighted by Crippen LogP contribution is 2.17. The van der Waals surface area contributed by atoms with Crippen LogP contribution in [-0.4, -0.2) is 32.1 Å². The molecule has 1 unspecified atom stereocenters. The van der Waals surface area contributed by atoms with Gasteiger partial charge in [-0.05, 0) is 37.8 Å². The van der Waals surface area contributed by atoms with Gasteiger partial charge in [0.25, 0.3) is 0 Å². The van der Waals surface area contributed by atoms with E-state index < -0.39 is 0 Å². The third-order valence-corrected chi connectivity index (χ3v) is 3.34.